The van der Waals surface area contributed by atoms with Gasteiger partial charge in [0, 0.05) is 18.2 Å². The lowest BCUT2D eigenvalue weighted by Crippen LogP contribution is -2.34. The van der Waals surface area contributed by atoms with E-state index in [2.05, 4.69) is 16.0 Å². The molecule has 2 fully saturated rings. The van der Waals surface area contributed by atoms with Crippen LogP contribution in [0.25, 0.3) is 0 Å². The smallest absolute Gasteiger partial charge is 0.234 e. The molecule has 0 bridgehead atoms. The van der Waals surface area contributed by atoms with Crippen molar-refractivity contribution in [3.05, 3.63) is 29.8 Å². The molecule has 3 rings (SSSR count). The average Bonchev–Trinajstić information content (AvgIpc) is 3.45. The Bertz CT molecular complexity index is 598. The number of benzene rings is 1. The number of amides is 2. The second-order valence-corrected chi connectivity index (χ2v) is 7.38. The number of carbonyl (C=O) groups excluding carboxylic acids is 2. The van der Waals surface area contributed by atoms with Gasteiger partial charge in [-0.05, 0) is 55.8 Å². The minimum absolute atomic E-state index is 0. The lowest BCUT2D eigenvalue weighted by Gasteiger charge is -2.20. The summed E-state index contributed by atoms with van der Waals surface area (Å²) in [4.78, 5) is 24.2. The molecule has 6 heteroatoms. The van der Waals surface area contributed by atoms with Gasteiger partial charge in [0.15, 0.2) is 0 Å². The van der Waals surface area contributed by atoms with E-state index in [0.29, 0.717) is 13.1 Å². The lowest BCUT2D eigenvalue weighted by atomic mass is 9.88. The van der Waals surface area contributed by atoms with Gasteiger partial charge in [-0.2, -0.15) is 0 Å². The predicted octanol–water partition coefficient (Wildman–Crippen LogP) is 3.24. The van der Waals surface area contributed by atoms with Gasteiger partial charge in [-0.3, -0.25) is 9.59 Å². The highest BCUT2D eigenvalue weighted by molar-refractivity contribution is 5.92. The van der Waals surface area contributed by atoms with E-state index in [1.807, 2.05) is 24.3 Å². The molecule has 2 aliphatic carbocycles. The van der Waals surface area contributed by atoms with Crippen molar-refractivity contribution in [2.24, 2.45) is 11.8 Å². The molecule has 0 atom stereocenters. The first-order valence-corrected chi connectivity index (χ1v) is 9.58. The highest BCUT2D eigenvalue weighted by Crippen LogP contribution is 2.27. The molecule has 26 heavy (non-hydrogen) atoms. The van der Waals surface area contributed by atoms with E-state index in [4.69, 9.17) is 0 Å². The normalized spacial score (nSPS) is 17.2. The number of rotatable bonds is 8. The predicted molar refractivity (Wildman–Crippen MR) is 106 cm³/mol. The van der Waals surface area contributed by atoms with Gasteiger partial charge < -0.3 is 16.0 Å². The number of nitrogens with one attached hydrogen (secondary N) is 3. The van der Waals surface area contributed by atoms with Crippen molar-refractivity contribution < 1.29 is 9.59 Å². The second-order valence-electron chi connectivity index (χ2n) is 7.38. The molecule has 2 amide bonds. The van der Waals surface area contributed by atoms with Crippen molar-refractivity contribution in [3.63, 3.8) is 0 Å². The van der Waals surface area contributed by atoms with E-state index >= 15 is 0 Å². The van der Waals surface area contributed by atoms with Crippen LogP contribution in [-0.2, 0) is 16.1 Å². The molecule has 0 radical (unpaired) electrons. The molecule has 144 valence electrons. The van der Waals surface area contributed by atoms with E-state index in [-0.39, 0.29) is 30.1 Å². The summed E-state index contributed by atoms with van der Waals surface area (Å²) in [6, 6.07) is 7.74. The summed E-state index contributed by atoms with van der Waals surface area (Å²) in [5.41, 5.74) is 1.81. The molecule has 0 aromatic heterocycles. The second kappa shape index (κ2) is 10.5. The number of carbonyl (C=O) groups is 2. The van der Waals surface area contributed by atoms with E-state index in [0.717, 1.165) is 49.4 Å². The summed E-state index contributed by atoms with van der Waals surface area (Å²) in [5.74, 6) is 1.06. The fourth-order valence-corrected chi connectivity index (χ4v) is 3.34. The van der Waals surface area contributed by atoms with Crippen molar-refractivity contribution in [1.82, 2.24) is 10.6 Å². The number of hydrogen-bond donors (Lipinski definition) is 3. The summed E-state index contributed by atoms with van der Waals surface area (Å²) in [7, 11) is 0. The average molecular weight is 380 g/mol. The Kier molecular flexibility index (Phi) is 8.39. The first kappa shape index (κ1) is 20.7. The van der Waals surface area contributed by atoms with Crippen LogP contribution in [0.1, 0.15) is 50.5 Å². The fraction of sp³-hybridized carbons (Fsp3) is 0.600. The van der Waals surface area contributed by atoms with Crippen LogP contribution in [0, 0.1) is 11.8 Å². The third-order valence-electron chi connectivity index (χ3n) is 5.08. The topological polar surface area (TPSA) is 70.2 Å². The molecule has 0 heterocycles. The summed E-state index contributed by atoms with van der Waals surface area (Å²) in [5, 5.41) is 9.14. The maximum Gasteiger partial charge on any atom is 0.234 e. The van der Waals surface area contributed by atoms with E-state index < -0.39 is 0 Å². The van der Waals surface area contributed by atoms with Gasteiger partial charge in [0.1, 0.15) is 0 Å². The minimum atomic E-state index is 0. The molecular weight excluding hydrogens is 350 g/mol. The van der Waals surface area contributed by atoms with Crippen molar-refractivity contribution in [3.8, 4) is 0 Å². The summed E-state index contributed by atoms with van der Waals surface area (Å²) in [6.07, 6.45) is 8.11. The molecule has 1 aromatic rings. The first-order valence-electron chi connectivity index (χ1n) is 9.58. The number of halogens is 1. The quantitative estimate of drug-likeness (QED) is 0.649. The third-order valence-corrected chi connectivity index (χ3v) is 5.08. The van der Waals surface area contributed by atoms with Gasteiger partial charge in [-0.1, -0.05) is 31.4 Å². The summed E-state index contributed by atoms with van der Waals surface area (Å²) >= 11 is 0. The molecule has 2 aliphatic rings. The van der Waals surface area contributed by atoms with Crippen LogP contribution in [0.3, 0.4) is 0 Å². The SMILES string of the molecule is Cl.O=C(CNCC1CC1)NCc1cccc(NC(=O)C2CCCCC2)c1. The standard InChI is InChI=1S/C20H29N3O2.ClH/c24-19(14-21-12-15-9-10-15)22-13-16-5-4-8-18(11-16)23-20(25)17-6-2-1-3-7-17;/h4-5,8,11,15,17,21H,1-3,6-7,9-10,12-14H2,(H,22,24)(H,23,25);1H. The largest absolute Gasteiger partial charge is 0.351 e. The zero-order valence-electron chi connectivity index (χ0n) is 15.3. The Morgan fingerprint density at radius 3 is 2.54 bits per heavy atom. The molecule has 1 aromatic carbocycles. The maximum absolute atomic E-state index is 12.3. The van der Waals surface area contributed by atoms with E-state index in [1.54, 1.807) is 0 Å². The Morgan fingerprint density at radius 2 is 1.81 bits per heavy atom. The van der Waals surface area contributed by atoms with Crippen molar-refractivity contribution >= 4 is 29.9 Å². The van der Waals surface area contributed by atoms with Crippen LogP contribution in [0.15, 0.2) is 24.3 Å². The molecule has 3 N–H and O–H groups in total. The maximum atomic E-state index is 12.3. The molecule has 0 spiro atoms. The van der Waals surface area contributed by atoms with E-state index in [9.17, 15) is 9.59 Å². The summed E-state index contributed by atoms with van der Waals surface area (Å²) in [6.45, 7) is 1.79. The molecule has 2 saturated carbocycles. The highest BCUT2D eigenvalue weighted by atomic mass is 35.5. The third kappa shape index (κ3) is 6.96. The van der Waals surface area contributed by atoms with Crippen LogP contribution in [0.5, 0.6) is 0 Å². The van der Waals surface area contributed by atoms with Crippen molar-refractivity contribution in [2.75, 3.05) is 18.4 Å². The van der Waals surface area contributed by atoms with Crippen molar-refractivity contribution in [1.29, 1.82) is 0 Å². The molecular formula is C20H30ClN3O2. The van der Waals surface area contributed by atoms with Crippen LogP contribution in [0.4, 0.5) is 5.69 Å². The van der Waals surface area contributed by atoms with Crippen LogP contribution in [-0.4, -0.2) is 24.9 Å². The molecule has 5 nitrogen and oxygen atoms in total. The van der Waals surface area contributed by atoms with Gasteiger partial charge in [-0.25, -0.2) is 0 Å². The lowest BCUT2D eigenvalue weighted by molar-refractivity contribution is -0.121. The zero-order chi connectivity index (χ0) is 17.5. The van der Waals surface area contributed by atoms with Gasteiger partial charge >= 0.3 is 0 Å². The number of hydrogen-bond acceptors (Lipinski definition) is 3. The molecule has 0 unspecified atom stereocenters. The summed E-state index contributed by atoms with van der Waals surface area (Å²) < 4.78 is 0. The monoisotopic (exact) mass is 379 g/mol. The first-order chi connectivity index (χ1) is 12.2. The van der Waals surface area contributed by atoms with E-state index in [1.165, 1.54) is 19.3 Å². The van der Waals surface area contributed by atoms with Gasteiger partial charge in [0.2, 0.25) is 11.8 Å². The van der Waals surface area contributed by atoms with Crippen LogP contribution in [0.2, 0.25) is 0 Å². The Labute approximate surface area is 162 Å². The van der Waals surface area contributed by atoms with Gasteiger partial charge in [-0.15, -0.1) is 12.4 Å². The highest BCUT2D eigenvalue weighted by Gasteiger charge is 2.21. The van der Waals surface area contributed by atoms with Crippen molar-refractivity contribution in [2.45, 2.75) is 51.5 Å². The Morgan fingerprint density at radius 1 is 1.04 bits per heavy atom. The zero-order valence-corrected chi connectivity index (χ0v) is 16.1. The molecule has 0 saturated heterocycles. The molecule has 0 aliphatic heterocycles. The van der Waals surface area contributed by atoms with Gasteiger partial charge in [0.25, 0.3) is 0 Å². The minimum Gasteiger partial charge on any atom is -0.351 e. The Hall–Kier alpha value is -1.59. The Balaban J connectivity index is 0.00000243. The number of anilines is 1. The van der Waals surface area contributed by atoms with Gasteiger partial charge in [0.05, 0.1) is 6.54 Å². The van der Waals surface area contributed by atoms with Crippen LogP contribution < -0.4 is 16.0 Å². The fourth-order valence-electron chi connectivity index (χ4n) is 3.34. The van der Waals surface area contributed by atoms with Crippen LogP contribution >= 0.6 is 12.4 Å².